The van der Waals surface area contributed by atoms with Gasteiger partial charge < -0.3 is 8.83 Å². The number of aromatic nitrogens is 2. The van der Waals surface area contributed by atoms with Crippen LogP contribution in [-0.2, 0) is 4.79 Å². The maximum atomic E-state index is 13.4. The third kappa shape index (κ3) is 4.87. The SMILES string of the molecule is C[C@@H](Sc1nnc(C2CCCCC2)o1)C(=O)N1N=C(c2ccc(Cl)cc2)C[C@@H]1c1ccco1. The van der Waals surface area contributed by atoms with Crippen molar-refractivity contribution < 1.29 is 13.6 Å². The number of nitrogens with zero attached hydrogens (tertiary/aromatic N) is 4. The third-order valence-corrected chi connectivity index (χ3v) is 7.36. The molecule has 2 atom stereocenters. The molecule has 1 aliphatic carbocycles. The molecule has 0 saturated heterocycles. The van der Waals surface area contributed by atoms with E-state index in [0.29, 0.717) is 34.2 Å². The molecule has 2 aliphatic rings. The fraction of sp³-hybridized carbons (Fsp3) is 0.417. The summed E-state index contributed by atoms with van der Waals surface area (Å²) in [6.45, 7) is 1.84. The molecule has 7 nitrogen and oxygen atoms in total. The molecule has 172 valence electrons. The summed E-state index contributed by atoms with van der Waals surface area (Å²) in [6, 6.07) is 10.9. The monoisotopic (exact) mass is 484 g/mol. The van der Waals surface area contributed by atoms with Crippen LogP contribution in [0.2, 0.25) is 5.02 Å². The van der Waals surface area contributed by atoms with Gasteiger partial charge in [-0.15, -0.1) is 10.2 Å². The Morgan fingerprint density at radius 1 is 1.15 bits per heavy atom. The molecule has 3 heterocycles. The Bertz CT molecular complexity index is 1120. The first kappa shape index (κ1) is 22.2. The van der Waals surface area contributed by atoms with E-state index in [1.54, 1.807) is 6.26 Å². The molecule has 1 fully saturated rings. The van der Waals surface area contributed by atoms with Gasteiger partial charge in [-0.3, -0.25) is 4.79 Å². The van der Waals surface area contributed by atoms with Gasteiger partial charge >= 0.3 is 0 Å². The fourth-order valence-electron chi connectivity index (χ4n) is 4.40. The summed E-state index contributed by atoms with van der Waals surface area (Å²) in [5.74, 6) is 1.59. The van der Waals surface area contributed by atoms with Gasteiger partial charge in [0.15, 0.2) is 0 Å². The van der Waals surface area contributed by atoms with Crippen molar-refractivity contribution in [3.63, 3.8) is 0 Å². The number of halogens is 1. The first-order valence-corrected chi connectivity index (χ1v) is 12.5. The number of thioether (sulfide) groups is 1. The number of hydrogen-bond acceptors (Lipinski definition) is 7. The van der Waals surface area contributed by atoms with Gasteiger partial charge in [-0.1, -0.05) is 54.8 Å². The largest absolute Gasteiger partial charge is 0.467 e. The lowest BCUT2D eigenvalue weighted by atomic mass is 9.89. The van der Waals surface area contributed by atoms with E-state index in [1.165, 1.54) is 36.0 Å². The summed E-state index contributed by atoms with van der Waals surface area (Å²) in [5, 5.41) is 15.3. The predicted octanol–water partition coefficient (Wildman–Crippen LogP) is 6.22. The topological polar surface area (TPSA) is 84.7 Å². The quantitative estimate of drug-likeness (QED) is 0.386. The maximum absolute atomic E-state index is 13.4. The number of amides is 1. The Kier molecular flexibility index (Phi) is 6.55. The highest BCUT2D eigenvalue weighted by Crippen LogP contribution is 2.37. The molecule has 0 N–H and O–H groups in total. The van der Waals surface area contributed by atoms with Crippen molar-refractivity contribution in [2.45, 2.75) is 67.9 Å². The van der Waals surface area contributed by atoms with Crippen LogP contribution in [0.15, 0.2) is 61.8 Å². The first-order valence-electron chi connectivity index (χ1n) is 11.3. The van der Waals surface area contributed by atoms with E-state index in [1.807, 2.05) is 43.3 Å². The van der Waals surface area contributed by atoms with Crippen molar-refractivity contribution in [2.24, 2.45) is 5.10 Å². The summed E-state index contributed by atoms with van der Waals surface area (Å²) in [5.41, 5.74) is 1.75. The molecule has 3 aromatic rings. The molecule has 1 aromatic carbocycles. The minimum absolute atomic E-state index is 0.136. The van der Waals surface area contributed by atoms with E-state index in [9.17, 15) is 4.79 Å². The van der Waals surface area contributed by atoms with Gasteiger partial charge in [0.25, 0.3) is 11.1 Å². The van der Waals surface area contributed by atoms with Crippen molar-refractivity contribution in [3.8, 4) is 0 Å². The van der Waals surface area contributed by atoms with Gasteiger partial charge in [0.05, 0.1) is 17.2 Å². The minimum atomic E-state index is -0.449. The number of rotatable bonds is 6. The summed E-state index contributed by atoms with van der Waals surface area (Å²) >= 11 is 7.31. The summed E-state index contributed by atoms with van der Waals surface area (Å²) in [4.78, 5) is 13.4. The lowest BCUT2D eigenvalue weighted by molar-refractivity contribution is -0.132. The molecule has 1 aliphatic heterocycles. The van der Waals surface area contributed by atoms with E-state index in [-0.39, 0.29) is 11.9 Å². The van der Waals surface area contributed by atoms with Crippen LogP contribution in [-0.4, -0.2) is 32.1 Å². The molecule has 33 heavy (non-hydrogen) atoms. The second-order valence-electron chi connectivity index (χ2n) is 8.47. The zero-order chi connectivity index (χ0) is 22.8. The van der Waals surface area contributed by atoms with Crippen LogP contribution >= 0.6 is 23.4 Å². The molecule has 9 heteroatoms. The van der Waals surface area contributed by atoms with Gasteiger partial charge in [-0.25, -0.2) is 5.01 Å². The number of carbonyl (C=O) groups is 1. The zero-order valence-electron chi connectivity index (χ0n) is 18.3. The number of hydrogen-bond donors (Lipinski definition) is 0. The lowest BCUT2D eigenvalue weighted by Crippen LogP contribution is -2.33. The second kappa shape index (κ2) is 9.73. The summed E-state index contributed by atoms with van der Waals surface area (Å²) in [7, 11) is 0. The van der Waals surface area contributed by atoms with Crippen molar-refractivity contribution in [1.82, 2.24) is 15.2 Å². The Balaban J connectivity index is 1.33. The molecule has 2 aromatic heterocycles. The van der Waals surface area contributed by atoms with Gasteiger partial charge in [-0.05, 0) is 49.6 Å². The van der Waals surface area contributed by atoms with Crippen LogP contribution in [0.3, 0.4) is 0 Å². The van der Waals surface area contributed by atoms with Crippen molar-refractivity contribution in [3.05, 3.63) is 64.9 Å². The standard InChI is InChI=1S/C24H25ClN4O3S/c1-15(33-24-27-26-22(32-24)17-6-3-2-4-7-17)23(30)29-20(21-8-5-13-31-21)14-19(28-29)16-9-11-18(25)12-10-16/h5,8-13,15,17,20H,2-4,6-7,14H2,1H3/t15-,20-/m1/s1. The van der Waals surface area contributed by atoms with E-state index in [2.05, 4.69) is 15.3 Å². The third-order valence-electron chi connectivity index (χ3n) is 6.19. The van der Waals surface area contributed by atoms with Crippen molar-refractivity contribution in [2.75, 3.05) is 0 Å². The highest BCUT2D eigenvalue weighted by atomic mass is 35.5. The summed E-state index contributed by atoms with van der Waals surface area (Å²) in [6.07, 6.45) is 8.00. The molecule has 0 radical (unpaired) electrons. The smallest absolute Gasteiger partial charge is 0.277 e. The Hall–Kier alpha value is -2.58. The highest BCUT2D eigenvalue weighted by Gasteiger charge is 2.37. The number of hydrazone groups is 1. The van der Waals surface area contributed by atoms with Crippen LogP contribution in [0.5, 0.6) is 0 Å². The lowest BCUT2D eigenvalue weighted by Gasteiger charge is -2.22. The Morgan fingerprint density at radius 2 is 1.94 bits per heavy atom. The normalized spacial score (nSPS) is 20.1. The fourth-order valence-corrected chi connectivity index (χ4v) is 5.26. The molecular formula is C24H25ClN4O3S. The molecule has 0 bridgehead atoms. The van der Waals surface area contributed by atoms with Crippen molar-refractivity contribution >= 4 is 35.0 Å². The second-order valence-corrected chi connectivity index (χ2v) is 10.2. The van der Waals surface area contributed by atoms with E-state index < -0.39 is 5.25 Å². The van der Waals surface area contributed by atoms with E-state index in [0.717, 1.165) is 24.1 Å². The van der Waals surface area contributed by atoms with Crippen LogP contribution in [0.1, 0.15) is 74.6 Å². The van der Waals surface area contributed by atoms with Crippen LogP contribution < -0.4 is 0 Å². The molecule has 1 saturated carbocycles. The van der Waals surface area contributed by atoms with Gasteiger partial charge in [0.1, 0.15) is 11.8 Å². The van der Waals surface area contributed by atoms with Crippen molar-refractivity contribution in [1.29, 1.82) is 0 Å². The molecular weight excluding hydrogens is 460 g/mol. The Labute approximate surface area is 201 Å². The average Bonchev–Trinajstić information content (AvgIpc) is 3.60. The highest BCUT2D eigenvalue weighted by molar-refractivity contribution is 8.00. The Morgan fingerprint density at radius 3 is 2.67 bits per heavy atom. The van der Waals surface area contributed by atoms with Gasteiger partial charge in [-0.2, -0.15) is 5.10 Å². The van der Waals surface area contributed by atoms with Gasteiger partial charge in [0.2, 0.25) is 5.89 Å². The van der Waals surface area contributed by atoms with Crippen LogP contribution in [0, 0.1) is 0 Å². The summed E-state index contributed by atoms with van der Waals surface area (Å²) < 4.78 is 11.5. The van der Waals surface area contributed by atoms with Crippen LogP contribution in [0.25, 0.3) is 0 Å². The predicted molar refractivity (Wildman–Crippen MR) is 126 cm³/mol. The molecule has 5 rings (SSSR count). The molecule has 0 spiro atoms. The molecule has 1 amide bonds. The first-order chi connectivity index (χ1) is 16.1. The molecule has 0 unspecified atom stereocenters. The van der Waals surface area contributed by atoms with Crippen LogP contribution in [0.4, 0.5) is 0 Å². The average molecular weight is 485 g/mol. The number of carbonyl (C=O) groups excluding carboxylic acids is 1. The van der Waals surface area contributed by atoms with E-state index in [4.69, 9.17) is 20.4 Å². The number of benzene rings is 1. The van der Waals surface area contributed by atoms with E-state index >= 15 is 0 Å². The zero-order valence-corrected chi connectivity index (χ0v) is 19.9. The van der Waals surface area contributed by atoms with Gasteiger partial charge in [0, 0.05) is 17.4 Å². The maximum Gasteiger partial charge on any atom is 0.277 e. The minimum Gasteiger partial charge on any atom is -0.467 e. The number of furan rings is 1.